The van der Waals surface area contributed by atoms with E-state index in [0.717, 1.165) is 37.2 Å². The van der Waals surface area contributed by atoms with Gasteiger partial charge in [-0.3, -0.25) is 4.90 Å². The van der Waals surface area contributed by atoms with Crippen LogP contribution >= 0.6 is 11.3 Å². The number of pyridine rings is 1. The van der Waals surface area contributed by atoms with Gasteiger partial charge in [0.2, 0.25) is 0 Å². The van der Waals surface area contributed by atoms with E-state index >= 15 is 0 Å². The minimum absolute atomic E-state index is 0.144. The number of methoxy groups -OCH3 is 1. The highest BCUT2D eigenvalue weighted by molar-refractivity contribution is 7.10. The number of hydrogen-bond donors (Lipinski definition) is 1. The van der Waals surface area contributed by atoms with Crippen molar-refractivity contribution in [3.05, 3.63) is 39.2 Å². The minimum Gasteiger partial charge on any atom is -0.503 e. The third kappa shape index (κ3) is 1.73. The van der Waals surface area contributed by atoms with Crippen molar-refractivity contribution < 1.29 is 9.84 Å². The largest absolute Gasteiger partial charge is 0.503 e. The predicted molar refractivity (Wildman–Crippen MR) is 77.3 cm³/mol. The van der Waals surface area contributed by atoms with Crippen LogP contribution < -0.4 is 4.74 Å². The Morgan fingerprint density at radius 2 is 2.40 bits per heavy atom. The third-order valence-electron chi connectivity index (χ3n) is 4.30. The van der Waals surface area contributed by atoms with Gasteiger partial charge >= 0.3 is 0 Å². The Balaban J connectivity index is 1.78. The Hall–Kier alpha value is -1.59. The van der Waals surface area contributed by atoms with Gasteiger partial charge in [-0.05, 0) is 28.6 Å². The molecule has 0 bridgehead atoms. The highest BCUT2D eigenvalue weighted by Crippen LogP contribution is 2.41. The van der Waals surface area contributed by atoms with Crippen LogP contribution in [0.1, 0.15) is 27.7 Å². The molecule has 0 spiro atoms. The molecular weight excluding hydrogens is 272 g/mol. The molecule has 1 N–H and O–H groups in total. The Labute approximate surface area is 121 Å². The molecule has 4 heterocycles. The summed E-state index contributed by atoms with van der Waals surface area (Å²) in [5, 5.41) is 12.2. The lowest BCUT2D eigenvalue weighted by molar-refractivity contribution is 0.160. The van der Waals surface area contributed by atoms with Gasteiger partial charge in [-0.1, -0.05) is 0 Å². The van der Waals surface area contributed by atoms with Gasteiger partial charge in [0.1, 0.15) is 0 Å². The lowest BCUT2D eigenvalue weighted by atomic mass is 9.89. The average molecular weight is 288 g/mol. The van der Waals surface area contributed by atoms with Crippen molar-refractivity contribution in [2.24, 2.45) is 0 Å². The van der Waals surface area contributed by atoms with E-state index in [-0.39, 0.29) is 5.75 Å². The first-order valence-electron chi connectivity index (χ1n) is 6.82. The van der Waals surface area contributed by atoms with E-state index in [1.54, 1.807) is 7.11 Å². The van der Waals surface area contributed by atoms with E-state index in [1.165, 1.54) is 10.4 Å². The van der Waals surface area contributed by atoms with Crippen molar-refractivity contribution in [1.29, 1.82) is 0 Å². The molecule has 0 fully saturated rings. The zero-order valence-electron chi connectivity index (χ0n) is 11.3. The van der Waals surface area contributed by atoms with E-state index in [4.69, 9.17) is 4.74 Å². The first kappa shape index (κ1) is 12.2. The number of fused-ring (bicyclic) bond motifs is 4. The molecule has 2 aromatic rings. The van der Waals surface area contributed by atoms with Crippen LogP contribution in [-0.2, 0) is 19.4 Å². The van der Waals surface area contributed by atoms with Crippen LogP contribution in [0.5, 0.6) is 11.6 Å². The van der Waals surface area contributed by atoms with Crippen LogP contribution in [0.2, 0.25) is 0 Å². The maximum Gasteiger partial charge on any atom is 0.256 e. The van der Waals surface area contributed by atoms with Gasteiger partial charge in [0.05, 0.1) is 12.8 Å². The molecule has 2 aliphatic heterocycles. The fourth-order valence-corrected chi connectivity index (χ4v) is 4.22. The van der Waals surface area contributed by atoms with Crippen molar-refractivity contribution in [1.82, 2.24) is 9.88 Å². The monoisotopic (exact) mass is 288 g/mol. The Morgan fingerprint density at radius 1 is 1.50 bits per heavy atom. The predicted octanol–water partition coefficient (Wildman–Crippen LogP) is 2.51. The number of thiophene rings is 1. The zero-order valence-corrected chi connectivity index (χ0v) is 12.1. The van der Waals surface area contributed by atoms with Crippen molar-refractivity contribution >= 4 is 11.3 Å². The van der Waals surface area contributed by atoms with Crippen LogP contribution in [-0.4, -0.2) is 28.6 Å². The Kier molecular flexibility index (Phi) is 2.72. The summed E-state index contributed by atoms with van der Waals surface area (Å²) in [5.41, 5.74) is 3.69. The molecule has 5 heteroatoms. The van der Waals surface area contributed by atoms with Gasteiger partial charge in [0, 0.05) is 36.9 Å². The topological polar surface area (TPSA) is 45.6 Å². The molecular formula is C15H16N2O2S. The summed E-state index contributed by atoms with van der Waals surface area (Å²) < 4.78 is 5.12. The number of hydrogen-bond acceptors (Lipinski definition) is 5. The van der Waals surface area contributed by atoms with E-state index in [9.17, 15) is 5.11 Å². The van der Waals surface area contributed by atoms with E-state index in [0.29, 0.717) is 11.9 Å². The average Bonchev–Trinajstić information content (AvgIpc) is 2.91. The molecule has 0 unspecified atom stereocenters. The van der Waals surface area contributed by atoms with Gasteiger partial charge in [-0.15, -0.1) is 11.3 Å². The van der Waals surface area contributed by atoms with E-state index in [2.05, 4.69) is 21.3 Å². The highest BCUT2D eigenvalue weighted by atomic mass is 32.1. The van der Waals surface area contributed by atoms with E-state index < -0.39 is 0 Å². The smallest absolute Gasteiger partial charge is 0.256 e. The summed E-state index contributed by atoms with van der Waals surface area (Å²) in [5.74, 6) is 0.481. The van der Waals surface area contributed by atoms with Gasteiger partial charge in [-0.25, -0.2) is 4.98 Å². The summed E-state index contributed by atoms with van der Waals surface area (Å²) in [7, 11) is 1.54. The van der Waals surface area contributed by atoms with E-state index in [1.807, 2.05) is 17.4 Å². The van der Waals surface area contributed by atoms with Crippen LogP contribution in [0.3, 0.4) is 0 Å². The zero-order chi connectivity index (χ0) is 13.7. The SMILES string of the molecule is COc1nc2c(cc1O)[C@@H]1Cc3sccc3CN1CC2. The molecule has 0 saturated heterocycles. The molecule has 0 aromatic carbocycles. The molecule has 2 aliphatic rings. The molecule has 4 nitrogen and oxygen atoms in total. The molecule has 1 atom stereocenters. The molecule has 20 heavy (non-hydrogen) atoms. The van der Waals surface area contributed by atoms with Crippen molar-refractivity contribution in [2.75, 3.05) is 13.7 Å². The Morgan fingerprint density at radius 3 is 3.25 bits per heavy atom. The second-order valence-corrected chi connectivity index (χ2v) is 6.36. The molecule has 0 saturated carbocycles. The number of aromatic nitrogens is 1. The van der Waals surface area contributed by atoms with Crippen LogP contribution in [0.4, 0.5) is 0 Å². The van der Waals surface area contributed by atoms with Gasteiger partial charge in [0.15, 0.2) is 5.75 Å². The lowest BCUT2D eigenvalue weighted by Crippen LogP contribution is -2.39. The number of aromatic hydroxyl groups is 1. The minimum atomic E-state index is 0.144. The van der Waals surface area contributed by atoms with Crippen LogP contribution in [0.25, 0.3) is 0 Å². The summed E-state index contributed by atoms with van der Waals surface area (Å²) in [6.45, 7) is 2.03. The lowest BCUT2D eigenvalue weighted by Gasteiger charge is -2.40. The maximum absolute atomic E-state index is 10.0. The molecule has 0 aliphatic carbocycles. The second kappa shape index (κ2) is 4.46. The Bertz CT molecular complexity index is 668. The molecule has 0 radical (unpaired) electrons. The molecule has 0 amide bonds. The molecule has 2 aromatic heterocycles. The molecule has 104 valence electrons. The summed E-state index contributed by atoms with van der Waals surface area (Å²) in [6, 6.07) is 4.42. The summed E-state index contributed by atoms with van der Waals surface area (Å²) in [4.78, 5) is 8.43. The van der Waals surface area contributed by atoms with Crippen molar-refractivity contribution in [2.45, 2.75) is 25.4 Å². The quantitative estimate of drug-likeness (QED) is 0.876. The first-order chi connectivity index (χ1) is 9.76. The number of ether oxygens (including phenoxy) is 1. The second-order valence-electron chi connectivity index (χ2n) is 5.36. The summed E-state index contributed by atoms with van der Waals surface area (Å²) >= 11 is 1.83. The maximum atomic E-state index is 10.0. The number of nitrogens with zero attached hydrogens (tertiary/aromatic N) is 2. The van der Waals surface area contributed by atoms with Crippen LogP contribution in [0.15, 0.2) is 17.5 Å². The van der Waals surface area contributed by atoms with Gasteiger partial charge in [0.25, 0.3) is 5.88 Å². The van der Waals surface area contributed by atoms with Crippen molar-refractivity contribution in [3.8, 4) is 11.6 Å². The normalized spacial score (nSPS) is 20.9. The fraction of sp³-hybridized carbons (Fsp3) is 0.400. The standard InChI is InChI=1S/C15H16N2O2S/c1-19-15-13(18)6-10-11(16-15)2-4-17-8-9-3-5-20-14(9)7-12(10)17/h3,5-6,12,18H,2,4,7-8H2,1H3/t12-/m0/s1. The van der Waals surface area contributed by atoms with Gasteiger partial charge in [-0.2, -0.15) is 0 Å². The molecule has 4 rings (SSSR count). The third-order valence-corrected chi connectivity index (χ3v) is 5.29. The first-order valence-corrected chi connectivity index (χ1v) is 7.70. The van der Waals surface area contributed by atoms with Crippen LogP contribution in [0, 0.1) is 0 Å². The fourth-order valence-electron chi connectivity index (χ4n) is 3.29. The highest BCUT2D eigenvalue weighted by Gasteiger charge is 2.34. The number of rotatable bonds is 1. The van der Waals surface area contributed by atoms with Crippen molar-refractivity contribution in [3.63, 3.8) is 0 Å². The van der Waals surface area contributed by atoms with Gasteiger partial charge < -0.3 is 9.84 Å². The summed E-state index contributed by atoms with van der Waals surface area (Å²) in [6.07, 6.45) is 1.94.